The van der Waals surface area contributed by atoms with Gasteiger partial charge in [0, 0.05) is 22.0 Å². The Morgan fingerprint density at radius 2 is 2.20 bits per heavy atom. The number of benzene rings is 1. The summed E-state index contributed by atoms with van der Waals surface area (Å²) >= 11 is 1.78. The lowest BCUT2D eigenvalue weighted by molar-refractivity contribution is 0.628. The van der Waals surface area contributed by atoms with Crippen molar-refractivity contribution in [3.63, 3.8) is 0 Å². The molecule has 0 spiro atoms. The molecule has 0 fully saturated rings. The smallest absolute Gasteiger partial charge is 0.0529 e. The van der Waals surface area contributed by atoms with E-state index in [2.05, 4.69) is 41.9 Å². The van der Waals surface area contributed by atoms with Crippen molar-refractivity contribution in [1.82, 2.24) is 0 Å². The number of rotatable bonds is 4. The fourth-order valence-corrected chi connectivity index (χ4v) is 2.40. The summed E-state index contributed by atoms with van der Waals surface area (Å²) in [6.07, 6.45) is 0. The molecule has 2 nitrogen and oxygen atoms in total. The second-order valence-electron chi connectivity index (χ2n) is 3.87. The fraction of sp³-hybridized carbons (Fsp3) is 0.333. The molecular formula is C12H16N2S. The topological polar surface area (TPSA) is 38.0 Å². The highest BCUT2D eigenvalue weighted by Gasteiger charge is 2.04. The minimum absolute atomic E-state index is 0.517. The summed E-state index contributed by atoms with van der Waals surface area (Å²) in [4.78, 5) is 0. The van der Waals surface area contributed by atoms with Crippen LogP contribution in [0.25, 0.3) is 10.1 Å². The van der Waals surface area contributed by atoms with E-state index in [1.54, 1.807) is 11.3 Å². The highest BCUT2D eigenvalue weighted by atomic mass is 32.1. The molecule has 0 amide bonds. The number of nitrogens with one attached hydrogen (secondary N) is 1. The van der Waals surface area contributed by atoms with E-state index in [0.717, 1.165) is 13.1 Å². The third kappa shape index (κ3) is 2.30. The van der Waals surface area contributed by atoms with Gasteiger partial charge >= 0.3 is 0 Å². The third-order valence-corrected chi connectivity index (χ3v) is 3.49. The predicted octanol–water partition coefficient (Wildman–Crippen LogP) is 2.91. The highest BCUT2D eigenvalue weighted by molar-refractivity contribution is 7.17. The van der Waals surface area contributed by atoms with Crippen molar-refractivity contribution < 1.29 is 0 Å². The molecule has 2 aromatic rings. The number of fused-ring (bicyclic) bond motifs is 1. The van der Waals surface area contributed by atoms with Gasteiger partial charge in [-0.1, -0.05) is 25.1 Å². The molecule has 3 N–H and O–H groups in total. The van der Waals surface area contributed by atoms with Gasteiger partial charge in [0.1, 0.15) is 0 Å². The second kappa shape index (κ2) is 4.64. The summed E-state index contributed by atoms with van der Waals surface area (Å²) in [5.74, 6) is 0.517. The summed E-state index contributed by atoms with van der Waals surface area (Å²) in [6.45, 7) is 3.83. The normalized spacial score (nSPS) is 12.9. The first-order valence-electron chi connectivity index (χ1n) is 5.21. The Bertz CT molecular complexity index is 436. The highest BCUT2D eigenvalue weighted by Crippen LogP contribution is 2.29. The van der Waals surface area contributed by atoms with Crippen molar-refractivity contribution in [2.24, 2.45) is 11.7 Å². The number of anilines is 1. The van der Waals surface area contributed by atoms with Gasteiger partial charge in [-0.25, -0.2) is 0 Å². The molecule has 0 bridgehead atoms. The van der Waals surface area contributed by atoms with Crippen LogP contribution >= 0.6 is 11.3 Å². The maximum atomic E-state index is 5.59. The van der Waals surface area contributed by atoms with Gasteiger partial charge in [-0.05, 0) is 18.5 Å². The average molecular weight is 220 g/mol. The van der Waals surface area contributed by atoms with E-state index in [4.69, 9.17) is 5.73 Å². The molecule has 3 heteroatoms. The lowest BCUT2D eigenvalue weighted by atomic mass is 10.2. The van der Waals surface area contributed by atoms with Crippen LogP contribution in [0.1, 0.15) is 6.92 Å². The van der Waals surface area contributed by atoms with Crippen LogP contribution in [0.3, 0.4) is 0 Å². The lowest BCUT2D eigenvalue weighted by Crippen LogP contribution is -2.19. The maximum absolute atomic E-state index is 5.59. The van der Waals surface area contributed by atoms with Crippen LogP contribution in [-0.4, -0.2) is 13.1 Å². The molecule has 1 aromatic carbocycles. The molecule has 2 rings (SSSR count). The summed E-state index contributed by atoms with van der Waals surface area (Å²) in [5.41, 5.74) is 6.82. The van der Waals surface area contributed by atoms with Gasteiger partial charge in [0.05, 0.1) is 5.69 Å². The molecule has 0 radical (unpaired) electrons. The van der Waals surface area contributed by atoms with Crippen molar-refractivity contribution in [3.05, 3.63) is 29.6 Å². The fourth-order valence-electron chi connectivity index (χ4n) is 1.48. The van der Waals surface area contributed by atoms with Gasteiger partial charge in [-0.2, -0.15) is 0 Å². The zero-order chi connectivity index (χ0) is 10.7. The Labute approximate surface area is 94.1 Å². The quantitative estimate of drug-likeness (QED) is 0.831. The second-order valence-corrected chi connectivity index (χ2v) is 4.78. The Morgan fingerprint density at radius 3 is 3.00 bits per heavy atom. The van der Waals surface area contributed by atoms with Crippen LogP contribution in [0.5, 0.6) is 0 Å². The van der Waals surface area contributed by atoms with Crippen molar-refractivity contribution in [2.75, 3.05) is 18.4 Å². The molecule has 1 aromatic heterocycles. The van der Waals surface area contributed by atoms with Gasteiger partial charge in [-0.15, -0.1) is 11.3 Å². The number of hydrogen-bond donors (Lipinski definition) is 2. The Hall–Kier alpha value is -1.06. The standard InChI is InChI=1S/C12H16N2S/c1-9(6-13)7-14-11-8-15-12-5-3-2-4-10(11)12/h2-5,8-9,14H,6-7,13H2,1H3. The molecule has 1 heterocycles. The maximum Gasteiger partial charge on any atom is 0.0529 e. The first-order valence-corrected chi connectivity index (χ1v) is 6.09. The molecule has 15 heavy (non-hydrogen) atoms. The Morgan fingerprint density at radius 1 is 1.40 bits per heavy atom. The summed E-state index contributed by atoms with van der Waals surface area (Å²) < 4.78 is 1.33. The Kier molecular flexibility index (Phi) is 3.23. The van der Waals surface area contributed by atoms with Gasteiger partial charge in [-0.3, -0.25) is 0 Å². The Balaban J connectivity index is 2.14. The van der Waals surface area contributed by atoms with Crippen molar-refractivity contribution >= 4 is 27.1 Å². The SMILES string of the molecule is CC(CN)CNc1csc2ccccc12. The van der Waals surface area contributed by atoms with Gasteiger partial charge in [0.25, 0.3) is 0 Å². The van der Waals surface area contributed by atoms with E-state index in [1.807, 2.05) is 0 Å². The van der Waals surface area contributed by atoms with Crippen molar-refractivity contribution in [1.29, 1.82) is 0 Å². The third-order valence-electron chi connectivity index (χ3n) is 2.52. The number of hydrogen-bond acceptors (Lipinski definition) is 3. The van der Waals surface area contributed by atoms with Gasteiger partial charge in [0.2, 0.25) is 0 Å². The molecule has 0 saturated heterocycles. The van der Waals surface area contributed by atoms with E-state index in [9.17, 15) is 0 Å². The molecule has 80 valence electrons. The average Bonchev–Trinajstić information content (AvgIpc) is 2.69. The zero-order valence-electron chi connectivity index (χ0n) is 8.86. The minimum atomic E-state index is 0.517. The van der Waals surface area contributed by atoms with Crippen LogP contribution in [0, 0.1) is 5.92 Å². The first-order chi connectivity index (χ1) is 7.31. The number of nitrogens with two attached hydrogens (primary N) is 1. The zero-order valence-corrected chi connectivity index (χ0v) is 9.68. The van der Waals surface area contributed by atoms with Gasteiger partial charge < -0.3 is 11.1 Å². The van der Waals surface area contributed by atoms with Crippen molar-refractivity contribution in [2.45, 2.75) is 6.92 Å². The van der Waals surface area contributed by atoms with E-state index in [0.29, 0.717) is 5.92 Å². The molecule has 0 aliphatic rings. The van der Waals surface area contributed by atoms with Crippen LogP contribution in [-0.2, 0) is 0 Å². The van der Waals surface area contributed by atoms with E-state index >= 15 is 0 Å². The van der Waals surface area contributed by atoms with Gasteiger partial charge in [0.15, 0.2) is 0 Å². The molecule has 0 saturated carbocycles. The van der Waals surface area contributed by atoms with Crippen LogP contribution < -0.4 is 11.1 Å². The summed E-state index contributed by atoms with van der Waals surface area (Å²) in [6, 6.07) is 8.45. The van der Waals surface area contributed by atoms with Crippen LogP contribution in [0.15, 0.2) is 29.6 Å². The summed E-state index contributed by atoms with van der Waals surface area (Å²) in [5, 5.41) is 6.94. The van der Waals surface area contributed by atoms with E-state index < -0.39 is 0 Å². The molecular weight excluding hydrogens is 204 g/mol. The largest absolute Gasteiger partial charge is 0.384 e. The number of thiophene rings is 1. The van der Waals surface area contributed by atoms with Crippen LogP contribution in [0.4, 0.5) is 5.69 Å². The first kappa shape index (κ1) is 10.5. The molecule has 1 unspecified atom stereocenters. The molecule has 0 aliphatic heterocycles. The monoisotopic (exact) mass is 220 g/mol. The minimum Gasteiger partial charge on any atom is -0.384 e. The molecule has 1 atom stereocenters. The lowest BCUT2D eigenvalue weighted by Gasteiger charge is -2.10. The molecule has 0 aliphatic carbocycles. The summed E-state index contributed by atoms with van der Waals surface area (Å²) in [7, 11) is 0. The van der Waals surface area contributed by atoms with Crippen LogP contribution in [0.2, 0.25) is 0 Å². The predicted molar refractivity (Wildman–Crippen MR) is 68.5 cm³/mol. The van der Waals surface area contributed by atoms with E-state index in [1.165, 1.54) is 15.8 Å². The van der Waals surface area contributed by atoms with Crippen molar-refractivity contribution in [3.8, 4) is 0 Å². The van der Waals surface area contributed by atoms with E-state index in [-0.39, 0.29) is 0 Å².